The van der Waals surface area contributed by atoms with E-state index in [1.165, 1.54) is 5.56 Å². The molecular formula is C28H34N4O4. The number of hydrogen-bond acceptors (Lipinski definition) is 6. The molecule has 0 saturated carbocycles. The van der Waals surface area contributed by atoms with Crippen LogP contribution in [0.4, 0.5) is 0 Å². The molecule has 0 unspecified atom stereocenters. The van der Waals surface area contributed by atoms with E-state index in [4.69, 9.17) is 9.15 Å². The maximum atomic E-state index is 13.2. The minimum absolute atomic E-state index is 0.00481. The lowest BCUT2D eigenvalue weighted by Gasteiger charge is -2.32. The van der Waals surface area contributed by atoms with Crippen molar-refractivity contribution in [2.75, 3.05) is 52.5 Å². The molecule has 0 bridgehead atoms. The van der Waals surface area contributed by atoms with Crippen molar-refractivity contribution in [3.63, 3.8) is 0 Å². The van der Waals surface area contributed by atoms with Crippen molar-refractivity contribution in [3.05, 3.63) is 53.6 Å². The van der Waals surface area contributed by atoms with E-state index >= 15 is 0 Å². The summed E-state index contributed by atoms with van der Waals surface area (Å²) in [6.07, 6.45) is 2.20. The van der Waals surface area contributed by atoms with Crippen LogP contribution in [0.2, 0.25) is 0 Å². The highest BCUT2D eigenvalue weighted by Gasteiger charge is 2.25. The summed E-state index contributed by atoms with van der Waals surface area (Å²) in [4.78, 5) is 34.3. The van der Waals surface area contributed by atoms with Gasteiger partial charge in [-0.2, -0.15) is 0 Å². The Hall–Kier alpha value is -3.23. The van der Waals surface area contributed by atoms with Gasteiger partial charge in [-0.15, -0.1) is 0 Å². The van der Waals surface area contributed by atoms with E-state index in [0.717, 1.165) is 51.3 Å². The second-order valence-corrected chi connectivity index (χ2v) is 9.81. The fourth-order valence-corrected chi connectivity index (χ4v) is 4.92. The lowest BCUT2D eigenvalue weighted by molar-refractivity contribution is -0.122. The molecule has 8 nitrogen and oxygen atoms in total. The van der Waals surface area contributed by atoms with Gasteiger partial charge in [0, 0.05) is 56.8 Å². The molecule has 2 saturated heterocycles. The Bertz CT molecular complexity index is 1190. The van der Waals surface area contributed by atoms with Crippen LogP contribution in [-0.2, 0) is 9.53 Å². The smallest absolute Gasteiger partial charge is 0.253 e. The van der Waals surface area contributed by atoms with Gasteiger partial charge in [-0.05, 0) is 56.0 Å². The number of aromatic nitrogens is 1. The summed E-state index contributed by atoms with van der Waals surface area (Å²) >= 11 is 0. The number of rotatable bonds is 7. The Labute approximate surface area is 211 Å². The van der Waals surface area contributed by atoms with E-state index in [1.54, 1.807) is 0 Å². The number of carbonyl (C=O) groups excluding carboxylic acids is 2. The van der Waals surface area contributed by atoms with Gasteiger partial charge in [-0.3, -0.25) is 14.5 Å². The lowest BCUT2D eigenvalue weighted by Crippen LogP contribution is -2.42. The Morgan fingerprint density at radius 1 is 1.03 bits per heavy atom. The zero-order chi connectivity index (χ0) is 24.9. The zero-order valence-corrected chi connectivity index (χ0v) is 20.9. The van der Waals surface area contributed by atoms with Crippen molar-refractivity contribution in [2.45, 2.75) is 26.2 Å². The normalized spacial score (nSPS) is 17.4. The van der Waals surface area contributed by atoms with E-state index < -0.39 is 0 Å². The predicted octanol–water partition coefficient (Wildman–Crippen LogP) is 3.49. The number of nitrogens with one attached hydrogen (secondary N) is 1. The highest BCUT2D eigenvalue weighted by molar-refractivity contribution is 5.97. The number of oxazole rings is 1. The molecule has 3 heterocycles. The lowest BCUT2D eigenvalue weighted by atomic mass is 9.93. The number of piperidine rings is 1. The summed E-state index contributed by atoms with van der Waals surface area (Å²) in [5.41, 5.74) is 4.05. The van der Waals surface area contributed by atoms with Crippen LogP contribution in [0.15, 0.2) is 46.9 Å². The summed E-state index contributed by atoms with van der Waals surface area (Å²) in [7, 11) is 0. The van der Waals surface area contributed by atoms with Gasteiger partial charge in [0.25, 0.3) is 5.91 Å². The van der Waals surface area contributed by atoms with E-state index in [-0.39, 0.29) is 11.8 Å². The molecule has 2 aliphatic rings. The summed E-state index contributed by atoms with van der Waals surface area (Å²) in [6, 6.07) is 13.5. The first-order valence-electron chi connectivity index (χ1n) is 12.9. The van der Waals surface area contributed by atoms with Gasteiger partial charge in [-0.1, -0.05) is 17.7 Å². The highest BCUT2D eigenvalue weighted by Crippen LogP contribution is 2.27. The van der Waals surface area contributed by atoms with Gasteiger partial charge in [-0.25, -0.2) is 4.98 Å². The van der Waals surface area contributed by atoms with E-state index in [2.05, 4.69) is 15.2 Å². The largest absolute Gasteiger partial charge is 0.436 e. The number of carbonyl (C=O) groups is 2. The van der Waals surface area contributed by atoms with Gasteiger partial charge in [0.05, 0.1) is 13.2 Å². The molecule has 2 aromatic carbocycles. The number of benzene rings is 2. The molecule has 0 spiro atoms. The number of morpholine rings is 1. The monoisotopic (exact) mass is 490 g/mol. The van der Waals surface area contributed by atoms with Crippen molar-refractivity contribution in [1.82, 2.24) is 20.1 Å². The minimum Gasteiger partial charge on any atom is -0.436 e. The zero-order valence-electron chi connectivity index (χ0n) is 20.9. The molecule has 2 aliphatic heterocycles. The number of aryl methyl sites for hydroxylation is 1. The fraction of sp³-hybridized carbons (Fsp3) is 0.464. The minimum atomic E-state index is 0.00481. The van der Waals surface area contributed by atoms with Crippen LogP contribution in [0.5, 0.6) is 0 Å². The molecule has 190 valence electrons. The van der Waals surface area contributed by atoms with E-state index in [1.807, 2.05) is 54.3 Å². The third-order valence-electron chi connectivity index (χ3n) is 7.16. The second kappa shape index (κ2) is 11.2. The summed E-state index contributed by atoms with van der Waals surface area (Å²) in [5.74, 6) is 0.977. The van der Waals surface area contributed by atoms with Gasteiger partial charge in [0.2, 0.25) is 11.8 Å². The van der Waals surface area contributed by atoms with Crippen LogP contribution in [0.1, 0.15) is 35.2 Å². The third kappa shape index (κ3) is 5.94. The first-order chi connectivity index (χ1) is 17.5. The first-order valence-corrected chi connectivity index (χ1v) is 12.9. The second-order valence-electron chi connectivity index (χ2n) is 9.81. The quantitative estimate of drug-likeness (QED) is 0.546. The third-order valence-corrected chi connectivity index (χ3v) is 7.16. The molecule has 0 aliphatic carbocycles. The molecule has 0 radical (unpaired) electrons. The maximum absolute atomic E-state index is 13.2. The number of fused-ring (bicyclic) bond motifs is 1. The standard InChI is InChI=1S/C28H34N4O4/c1-20-2-4-22(5-3-20)27-30-24-19-23(6-7-25(24)36-27)28(34)32-11-8-21(9-12-32)18-26(33)29-10-13-31-14-16-35-17-15-31/h2-7,19,21H,8-18H2,1H3,(H,29,33). The first kappa shape index (κ1) is 24.5. The SMILES string of the molecule is Cc1ccc(-c2nc3cc(C(=O)N4CCC(CC(=O)NCCN5CCOCC5)CC4)ccc3o2)cc1. The topological polar surface area (TPSA) is 87.9 Å². The molecule has 2 amide bonds. The molecule has 2 fully saturated rings. The van der Waals surface area contributed by atoms with E-state index in [9.17, 15) is 9.59 Å². The van der Waals surface area contributed by atoms with Gasteiger partial charge in [0.15, 0.2) is 5.58 Å². The molecule has 5 rings (SSSR count). The highest BCUT2D eigenvalue weighted by atomic mass is 16.5. The van der Waals surface area contributed by atoms with Crippen molar-refractivity contribution in [3.8, 4) is 11.5 Å². The molecule has 3 aromatic rings. The summed E-state index contributed by atoms with van der Waals surface area (Å²) in [5, 5.41) is 3.05. The van der Waals surface area contributed by atoms with Crippen LogP contribution in [-0.4, -0.2) is 79.1 Å². The Morgan fingerprint density at radius 2 is 1.78 bits per heavy atom. The molecule has 36 heavy (non-hydrogen) atoms. The summed E-state index contributed by atoms with van der Waals surface area (Å²) in [6.45, 7) is 8.31. The Morgan fingerprint density at radius 3 is 2.53 bits per heavy atom. The van der Waals surface area contributed by atoms with Crippen LogP contribution in [0.3, 0.4) is 0 Å². The number of likely N-dealkylation sites (tertiary alicyclic amines) is 1. The fourth-order valence-electron chi connectivity index (χ4n) is 4.92. The van der Waals surface area contributed by atoms with Gasteiger partial charge >= 0.3 is 0 Å². The molecular weight excluding hydrogens is 456 g/mol. The molecule has 0 atom stereocenters. The summed E-state index contributed by atoms with van der Waals surface area (Å²) < 4.78 is 11.3. The van der Waals surface area contributed by atoms with Crippen LogP contribution in [0.25, 0.3) is 22.6 Å². The van der Waals surface area contributed by atoms with Crippen molar-refractivity contribution in [1.29, 1.82) is 0 Å². The Balaban J connectivity index is 1.11. The molecule has 1 N–H and O–H groups in total. The molecule has 8 heteroatoms. The number of amides is 2. The number of ether oxygens (including phenoxy) is 1. The predicted molar refractivity (Wildman–Crippen MR) is 138 cm³/mol. The van der Waals surface area contributed by atoms with Crippen LogP contribution >= 0.6 is 0 Å². The van der Waals surface area contributed by atoms with Crippen molar-refractivity contribution >= 4 is 22.9 Å². The maximum Gasteiger partial charge on any atom is 0.253 e. The molecule has 1 aromatic heterocycles. The van der Waals surface area contributed by atoms with Crippen LogP contribution in [0, 0.1) is 12.8 Å². The average molecular weight is 491 g/mol. The van der Waals surface area contributed by atoms with E-state index in [0.29, 0.717) is 54.5 Å². The number of nitrogens with zero attached hydrogens (tertiary/aromatic N) is 3. The van der Waals surface area contributed by atoms with Crippen molar-refractivity contribution in [2.24, 2.45) is 5.92 Å². The number of hydrogen-bond donors (Lipinski definition) is 1. The Kier molecular flexibility index (Phi) is 7.63. The van der Waals surface area contributed by atoms with Gasteiger partial charge in [0.1, 0.15) is 5.52 Å². The van der Waals surface area contributed by atoms with Crippen LogP contribution < -0.4 is 5.32 Å². The van der Waals surface area contributed by atoms with Crippen molar-refractivity contribution < 1.29 is 18.7 Å². The average Bonchev–Trinajstić information content (AvgIpc) is 3.33. The van der Waals surface area contributed by atoms with Gasteiger partial charge < -0.3 is 19.4 Å².